The van der Waals surface area contributed by atoms with Crippen molar-refractivity contribution in [3.8, 4) is 0 Å². The predicted molar refractivity (Wildman–Crippen MR) is 137 cm³/mol. The van der Waals surface area contributed by atoms with Gasteiger partial charge in [0.1, 0.15) is 10.5 Å². The van der Waals surface area contributed by atoms with Crippen LogP contribution in [0.5, 0.6) is 0 Å². The molecule has 0 N–H and O–H groups in total. The van der Waals surface area contributed by atoms with Gasteiger partial charge >= 0.3 is 5.97 Å². The molecule has 1 atom stereocenters. The molecule has 2 amide bonds. The molecule has 1 spiro atoms. The SMILES string of the molecule is CCOC(=O)c1sc(N2C(=O)c3oc4ccccc4c(=O)c3C23C(=O)N(CC)c2ccccc23)nc1C. The number of hydrogen-bond acceptors (Lipinski definition) is 8. The van der Waals surface area contributed by atoms with Gasteiger partial charge in [-0.05, 0) is 39.0 Å². The average Bonchev–Trinajstić information content (AvgIpc) is 3.48. The van der Waals surface area contributed by atoms with E-state index in [1.165, 1.54) is 4.90 Å². The number of amides is 2. The highest BCUT2D eigenvalue weighted by atomic mass is 32.1. The fourth-order valence-corrected chi connectivity index (χ4v) is 6.30. The van der Waals surface area contributed by atoms with E-state index in [1.54, 1.807) is 67.3 Å². The highest BCUT2D eigenvalue weighted by Crippen LogP contribution is 2.54. The monoisotopic (exact) mass is 515 g/mol. The molecule has 0 fully saturated rings. The first-order chi connectivity index (χ1) is 17.9. The van der Waals surface area contributed by atoms with E-state index in [4.69, 9.17) is 9.15 Å². The standard InChI is InChI=1S/C27H21N3O6S/c1-4-29-17-12-8-7-11-16(17)27(25(29)34)19-20(31)15-10-6-9-13-18(15)36-21(19)23(32)30(27)26-28-14(3)22(37-26)24(33)35-5-2/h6-13H,4-5H2,1-3H3. The van der Waals surface area contributed by atoms with Crippen molar-refractivity contribution >= 4 is 50.9 Å². The molecule has 2 aliphatic heterocycles. The van der Waals surface area contributed by atoms with E-state index < -0.39 is 28.8 Å². The summed E-state index contributed by atoms with van der Waals surface area (Å²) in [6.07, 6.45) is 0. The predicted octanol–water partition coefficient (Wildman–Crippen LogP) is 4.01. The summed E-state index contributed by atoms with van der Waals surface area (Å²) in [6, 6.07) is 13.7. The minimum atomic E-state index is -1.83. The number of nitrogens with zero attached hydrogens (tertiary/aromatic N) is 3. The summed E-state index contributed by atoms with van der Waals surface area (Å²) in [5.41, 5.74) is -0.685. The van der Waals surface area contributed by atoms with Crippen LogP contribution in [0.2, 0.25) is 0 Å². The molecule has 0 radical (unpaired) electrons. The van der Waals surface area contributed by atoms with Crippen molar-refractivity contribution in [2.75, 3.05) is 23.0 Å². The van der Waals surface area contributed by atoms with Gasteiger partial charge in [0.25, 0.3) is 11.8 Å². The maximum Gasteiger partial charge on any atom is 0.350 e. The lowest BCUT2D eigenvalue weighted by molar-refractivity contribution is -0.121. The third-order valence-electron chi connectivity index (χ3n) is 6.79. The number of carbonyl (C=O) groups is 3. The molecule has 2 aromatic heterocycles. The lowest BCUT2D eigenvalue weighted by Crippen LogP contribution is -2.53. The van der Waals surface area contributed by atoms with Crippen LogP contribution in [-0.2, 0) is 15.1 Å². The van der Waals surface area contributed by atoms with Crippen LogP contribution in [0.3, 0.4) is 0 Å². The molecule has 10 heteroatoms. The summed E-state index contributed by atoms with van der Waals surface area (Å²) in [5.74, 6) is -1.93. The van der Waals surface area contributed by atoms with Gasteiger partial charge in [-0.1, -0.05) is 41.7 Å². The Balaban J connectivity index is 1.72. The first-order valence-electron chi connectivity index (χ1n) is 11.8. The van der Waals surface area contributed by atoms with Crippen molar-refractivity contribution < 1.29 is 23.5 Å². The molecule has 4 aromatic rings. The van der Waals surface area contributed by atoms with Gasteiger partial charge in [-0.3, -0.25) is 19.3 Å². The molecule has 0 bridgehead atoms. The topological polar surface area (TPSA) is 110 Å². The molecule has 37 heavy (non-hydrogen) atoms. The molecule has 0 aliphatic carbocycles. The second kappa shape index (κ2) is 8.10. The number of para-hydroxylation sites is 2. The van der Waals surface area contributed by atoms with Crippen molar-refractivity contribution in [1.82, 2.24) is 4.98 Å². The summed E-state index contributed by atoms with van der Waals surface area (Å²) in [4.78, 5) is 62.6. The minimum absolute atomic E-state index is 0.0462. The van der Waals surface area contributed by atoms with E-state index in [2.05, 4.69) is 4.98 Å². The van der Waals surface area contributed by atoms with Crippen LogP contribution >= 0.6 is 11.3 Å². The van der Waals surface area contributed by atoms with Gasteiger partial charge in [-0.2, -0.15) is 0 Å². The van der Waals surface area contributed by atoms with Gasteiger partial charge in [0.15, 0.2) is 16.1 Å². The Kier molecular flexibility index (Phi) is 5.06. The van der Waals surface area contributed by atoms with Crippen molar-refractivity contribution in [2.24, 2.45) is 0 Å². The molecule has 4 heterocycles. The summed E-state index contributed by atoms with van der Waals surface area (Å²) >= 11 is 0.941. The Morgan fingerprint density at radius 2 is 1.81 bits per heavy atom. The van der Waals surface area contributed by atoms with Crippen LogP contribution in [-0.4, -0.2) is 35.9 Å². The summed E-state index contributed by atoms with van der Waals surface area (Å²) < 4.78 is 11.2. The molecule has 2 aliphatic rings. The van der Waals surface area contributed by atoms with Crippen molar-refractivity contribution in [1.29, 1.82) is 0 Å². The highest BCUT2D eigenvalue weighted by Gasteiger charge is 2.66. The van der Waals surface area contributed by atoms with Crippen LogP contribution in [0.25, 0.3) is 11.0 Å². The number of esters is 1. The number of likely N-dealkylation sites (N-methyl/N-ethyl adjacent to an activating group) is 1. The second-order valence-corrected chi connectivity index (χ2v) is 9.66. The number of thiazole rings is 1. The Morgan fingerprint density at radius 1 is 1.08 bits per heavy atom. The molecular weight excluding hydrogens is 494 g/mol. The van der Waals surface area contributed by atoms with E-state index in [0.29, 0.717) is 23.5 Å². The Hall–Kier alpha value is -4.31. The van der Waals surface area contributed by atoms with Crippen LogP contribution in [0.4, 0.5) is 10.8 Å². The van der Waals surface area contributed by atoms with Gasteiger partial charge in [0.05, 0.1) is 28.9 Å². The third-order valence-corrected chi connectivity index (χ3v) is 7.91. The number of benzene rings is 2. The van der Waals surface area contributed by atoms with Crippen molar-refractivity contribution in [3.63, 3.8) is 0 Å². The zero-order chi connectivity index (χ0) is 26.1. The van der Waals surface area contributed by atoms with E-state index in [9.17, 15) is 19.2 Å². The van der Waals surface area contributed by atoms with Crippen LogP contribution < -0.4 is 15.2 Å². The summed E-state index contributed by atoms with van der Waals surface area (Å²) in [7, 11) is 0. The Bertz CT molecular complexity index is 1710. The number of hydrogen-bond donors (Lipinski definition) is 0. The molecular formula is C27H21N3O6S. The number of aromatic nitrogens is 1. The van der Waals surface area contributed by atoms with Crippen LogP contribution in [0, 0.1) is 6.92 Å². The molecule has 6 rings (SSSR count). The summed E-state index contributed by atoms with van der Waals surface area (Å²) in [6.45, 7) is 5.64. The minimum Gasteiger partial charge on any atom is -0.462 e. The maximum absolute atomic E-state index is 14.4. The highest BCUT2D eigenvalue weighted by molar-refractivity contribution is 7.17. The largest absolute Gasteiger partial charge is 0.462 e. The van der Waals surface area contributed by atoms with E-state index in [-0.39, 0.29) is 38.9 Å². The molecule has 0 saturated heterocycles. The molecule has 186 valence electrons. The average molecular weight is 516 g/mol. The first-order valence-corrected chi connectivity index (χ1v) is 12.6. The Morgan fingerprint density at radius 3 is 2.57 bits per heavy atom. The van der Waals surface area contributed by atoms with E-state index >= 15 is 0 Å². The summed E-state index contributed by atoms with van der Waals surface area (Å²) in [5, 5.41) is 0.361. The van der Waals surface area contributed by atoms with Gasteiger partial charge in [-0.25, -0.2) is 9.78 Å². The number of ether oxygens (including phenoxy) is 1. The number of aryl methyl sites for hydroxylation is 1. The molecule has 1 unspecified atom stereocenters. The lowest BCUT2D eigenvalue weighted by atomic mass is 9.84. The number of rotatable bonds is 4. The Labute approximate surface area is 214 Å². The number of carbonyl (C=O) groups excluding carboxylic acids is 3. The van der Waals surface area contributed by atoms with Gasteiger partial charge < -0.3 is 14.1 Å². The van der Waals surface area contributed by atoms with Gasteiger partial charge in [0, 0.05) is 12.1 Å². The van der Waals surface area contributed by atoms with Crippen molar-refractivity contribution in [3.05, 3.63) is 86.2 Å². The normalized spacial score (nSPS) is 18.1. The van der Waals surface area contributed by atoms with Gasteiger partial charge in [0.2, 0.25) is 5.76 Å². The number of fused-ring (bicyclic) bond motifs is 5. The first kappa shape index (κ1) is 23.1. The molecule has 2 aromatic carbocycles. The zero-order valence-corrected chi connectivity index (χ0v) is 21.0. The fraction of sp³-hybridized carbons (Fsp3) is 0.222. The van der Waals surface area contributed by atoms with Crippen molar-refractivity contribution in [2.45, 2.75) is 26.3 Å². The van der Waals surface area contributed by atoms with E-state index in [0.717, 1.165) is 11.3 Å². The molecule has 9 nitrogen and oxygen atoms in total. The quantitative estimate of drug-likeness (QED) is 0.378. The van der Waals surface area contributed by atoms with E-state index in [1.807, 2.05) is 6.92 Å². The lowest BCUT2D eigenvalue weighted by Gasteiger charge is -2.32. The second-order valence-electron chi connectivity index (χ2n) is 8.68. The molecule has 0 saturated carbocycles. The van der Waals surface area contributed by atoms with Crippen LogP contribution in [0.1, 0.15) is 50.9 Å². The maximum atomic E-state index is 14.4. The third kappa shape index (κ3) is 2.87. The zero-order valence-electron chi connectivity index (χ0n) is 20.2. The van der Waals surface area contributed by atoms with Crippen LogP contribution in [0.15, 0.2) is 57.7 Å². The smallest absolute Gasteiger partial charge is 0.350 e. The fourth-order valence-electron chi connectivity index (χ4n) is 5.29. The number of anilines is 2. The van der Waals surface area contributed by atoms with Gasteiger partial charge in [-0.15, -0.1) is 0 Å².